The molecular weight excluding hydrogens is 194 g/mol. The van der Waals surface area contributed by atoms with E-state index in [1.165, 1.54) is 57.9 Å². The summed E-state index contributed by atoms with van der Waals surface area (Å²) in [6, 6.07) is 0.837. The van der Waals surface area contributed by atoms with E-state index in [1.54, 1.807) is 0 Å². The summed E-state index contributed by atoms with van der Waals surface area (Å²) in [7, 11) is 0. The highest BCUT2D eigenvalue weighted by Crippen LogP contribution is 2.31. The molecule has 2 rings (SSSR count). The molecule has 0 aromatic heterocycles. The maximum atomic E-state index is 3.83. The highest BCUT2D eigenvalue weighted by atomic mass is 14.9. The molecule has 0 amide bonds. The smallest absolute Gasteiger partial charge is 0.00928 e. The van der Waals surface area contributed by atoms with Crippen molar-refractivity contribution in [2.45, 2.75) is 71.3 Å². The van der Waals surface area contributed by atoms with Gasteiger partial charge in [0, 0.05) is 6.04 Å². The summed E-state index contributed by atoms with van der Waals surface area (Å²) in [4.78, 5) is 0. The predicted octanol–water partition coefficient (Wildman–Crippen LogP) is 3.98. The van der Waals surface area contributed by atoms with Gasteiger partial charge in [-0.1, -0.05) is 39.5 Å². The van der Waals surface area contributed by atoms with Gasteiger partial charge in [0.15, 0.2) is 0 Å². The summed E-state index contributed by atoms with van der Waals surface area (Å²) in [5.74, 6) is 2.95. The fraction of sp³-hybridized carbons (Fsp3) is 1.00. The summed E-state index contributed by atoms with van der Waals surface area (Å²) >= 11 is 0. The van der Waals surface area contributed by atoms with Crippen LogP contribution in [0.25, 0.3) is 0 Å². The van der Waals surface area contributed by atoms with Crippen LogP contribution >= 0.6 is 0 Å². The van der Waals surface area contributed by atoms with Crippen molar-refractivity contribution in [3.63, 3.8) is 0 Å². The van der Waals surface area contributed by atoms with Crippen molar-refractivity contribution in [1.29, 1.82) is 0 Å². The van der Waals surface area contributed by atoms with Gasteiger partial charge < -0.3 is 5.32 Å². The molecule has 2 saturated carbocycles. The van der Waals surface area contributed by atoms with E-state index in [2.05, 4.69) is 19.2 Å². The monoisotopic (exact) mass is 223 g/mol. The van der Waals surface area contributed by atoms with Crippen molar-refractivity contribution < 1.29 is 0 Å². The van der Waals surface area contributed by atoms with Gasteiger partial charge in [-0.05, 0) is 50.0 Å². The van der Waals surface area contributed by atoms with Crippen molar-refractivity contribution in [3.05, 3.63) is 0 Å². The van der Waals surface area contributed by atoms with Crippen LogP contribution in [0.2, 0.25) is 0 Å². The van der Waals surface area contributed by atoms with Gasteiger partial charge in [-0.25, -0.2) is 0 Å². The van der Waals surface area contributed by atoms with Gasteiger partial charge in [-0.3, -0.25) is 0 Å². The number of rotatable bonds is 4. The molecule has 0 aliphatic heterocycles. The van der Waals surface area contributed by atoms with E-state index in [-0.39, 0.29) is 0 Å². The van der Waals surface area contributed by atoms with Gasteiger partial charge in [0.05, 0.1) is 0 Å². The molecule has 16 heavy (non-hydrogen) atoms. The van der Waals surface area contributed by atoms with Gasteiger partial charge in [-0.2, -0.15) is 0 Å². The van der Waals surface area contributed by atoms with Gasteiger partial charge in [-0.15, -0.1) is 0 Å². The largest absolute Gasteiger partial charge is 0.313 e. The zero-order chi connectivity index (χ0) is 11.4. The Kier molecular flexibility index (Phi) is 4.69. The molecule has 0 aromatic carbocycles. The second-order valence-corrected chi connectivity index (χ2v) is 6.22. The molecule has 2 atom stereocenters. The van der Waals surface area contributed by atoms with Gasteiger partial charge >= 0.3 is 0 Å². The van der Waals surface area contributed by atoms with Crippen molar-refractivity contribution in [2.75, 3.05) is 6.54 Å². The summed E-state index contributed by atoms with van der Waals surface area (Å²) in [5, 5.41) is 3.83. The van der Waals surface area contributed by atoms with E-state index in [0.717, 1.165) is 23.8 Å². The Labute approximate surface area is 101 Å². The minimum Gasteiger partial charge on any atom is -0.313 e. The van der Waals surface area contributed by atoms with Crippen LogP contribution in [0.5, 0.6) is 0 Å². The third kappa shape index (κ3) is 3.23. The molecule has 0 spiro atoms. The minimum absolute atomic E-state index is 0.837. The predicted molar refractivity (Wildman–Crippen MR) is 70.5 cm³/mol. The molecule has 1 N–H and O–H groups in total. The molecule has 2 fully saturated rings. The molecule has 2 aliphatic rings. The topological polar surface area (TPSA) is 12.0 Å². The molecule has 0 saturated heterocycles. The highest BCUT2D eigenvalue weighted by Gasteiger charge is 2.25. The van der Waals surface area contributed by atoms with E-state index >= 15 is 0 Å². The summed E-state index contributed by atoms with van der Waals surface area (Å²) in [6.07, 6.45) is 11.7. The molecule has 0 heterocycles. The lowest BCUT2D eigenvalue weighted by Gasteiger charge is -2.29. The normalized spacial score (nSPS) is 40.1. The third-order valence-corrected chi connectivity index (χ3v) is 5.07. The van der Waals surface area contributed by atoms with Crippen LogP contribution < -0.4 is 5.32 Å². The first-order valence-corrected chi connectivity index (χ1v) is 7.53. The van der Waals surface area contributed by atoms with Crippen LogP contribution in [-0.2, 0) is 0 Å². The number of hydrogen-bond donors (Lipinski definition) is 1. The SMILES string of the molecule is CCC1CCC(CNC2CCCC2C)CC1. The lowest BCUT2D eigenvalue weighted by atomic mass is 9.81. The van der Waals surface area contributed by atoms with Crippen LogP contribution in [0.15, 0.2) is 0 Å². The molecule has 2 unspecified atom stereocenters. The van der Waals surface area contributed by atoms with E-state index in [1.807, 2.05) is 0 Å². The van der Waals surface area contributed by atoms with E-state index in [4.69, 9.17) is 0 Å². The van der Waals surface area contributed by atoms with Crippen molar-refractivity contribution >= 4 is 0 Å². The maximum Gasteiger partial charge on any atom is 0.00928 e. The summed E-state index contributed by atoms with van der Waals surface area (Å²) < 4.78 is 0. The maximum absolute atomic E-state index is 3.83. The summed E-state index contributed by atoms with van der Waals surface area (Å²) in [6.45, 7) is 6.06. The molecule has 0 aromatic rings. The zero-order valence-electron chi connectivity index (χ0n) is 11.2. The first-order chi connectivity index (χ1) is 7.79. The third-order valence-electron chi connectivity index (χ3n) is 5.07. The quantitative estimate of drug-likeness (QED) is 0.760. The Morgan fingerprint density at radius 2 is 1.62 bits per heavy atom. The standard InChI is InChI=1S/C15H29N/c1-3-13-7-9-14(10-8-13)11-16-15-6-4-5-12(15)2/h12-16H,3-11H2,1-2H3. The van der Waals surface area contributed by atoms with E-state index < -0.39 is 0 Å². The molecular formula is C15H29N. The van der Waals surface area contributed by atoms with Crippen molar-refractivity contribution in [2.24, 2.45) is 17.8 Å². The van der Waals surface area contributed by atoms with Gasteiger partial charge in [0.25, 0.3) is 0 Å². The van der Waals surface area contributed by atoms with Crippen LogP contribution in [0.1, 0.15) is 65.2 Å². The fourth-order valence-corrected chi connectivity index (χ4v) is 3.61. The molecule has 94 valence electrons. The highest BCUT2D eigenvalue weighted by molar-refractivity contribution is 4.82. The Bertz CT molecular complexity index is 194. The van der Waals surface area contributed by atoms with Gasteiger partial charge in [0.1, 0.15) is 0 Å². The van der Waals surface area contributed by atoms with Crippen LogP contribution in [0.4, 0.5) is 0 Å². The fourth-order valence-electron chi connectivity index (χ4n) is 3.61. The average molecular weight is 223 g/mol. The Morgan fingerprint density at radius 1 is 0.938 bits per heavy atom. The second kappa shape index (κ2) is 6.05. The van der Waals surface area contributed by atoms with E-state index in [0.29, 0.717) is 0 Å². The Hall–Kier alpha value is -0.0400. The number of nitrogens with one attached hydrogen (secondary N) is 1. The van der Waals surface area contributed by atoms with Crippen molar-refractivity contribution in [3.8, 4) is 0 Å². The molecule has 2 aliphatic carbocycles. The average Bonchev–Trinajstić information content (AvgIpc) is 2.73. The first-order valence-electron chi connectivity index (χ1n) is 7.53. The van der Waals surface area contributed by atoms with Gasteiger partial charge in [0.2, 0.25) is 0 Å². The first kappa shape index (κ1) is 12.4. The van der Waals surface area contributed by atoms with Crippen LogP contribution in [-0.4, -0.2) is 12.6 Å². The Morgan fingerprint density at radius 3 is 2.19 bits per heavy atom. The number of hydrogen-bond acceptors (Lipinski definition) is 1. The summed E-state index contributed by atoms with van der Waals surface area (Å²) in [5.41, 5.74) is 0. The Balaban J connectivity index is 1.63. The minimum atomic E-state index is 0.837. The van der Waals surface area contributed by atoms with Crippen LogP contribution in [0.3, 0.4) is 0 Å². The zero-order valence-corrected chi connectivity index (χ0v) is 11.2. The molecule has 1 heteroatoms. The lowest BCUT2D eigenvalue weighted by Crippen LogP contribution is -2.36. The molecule has 0 radical (unpaired) electrons. The molecule has 1 nitrogen and oxygen atoms in total. The van der Waals surface area contributed by atoms with Crippen LogP contribution in [0, 0.1) is 17.8 Å². The van der Waals surface area contributed by atoms with E-state index in [9.17, 15) is 0 Å². The lowest BCUT2D eigenvalue weighted by molar-refractivity contribution is 0.251. The van der Waals surface area contributed by atoms with Crippen molar-refractivity contribution in [1.82, 2.24) is 5.32 Å². The second-order valence-electron chi connectivity index (χ2n) is 6.22. The molecule has 0 bridgehead atoms.